The molecule has 2 aliphatic carbocycles. The quantitative estimate of drug-likeness (QED) is 0.732. The summed E-state index contributed by atoms with van der Waals surface area (Å²) in [4.78, 5) is 15.8. The first-order valence-corrected chi connectivity index (χ1v) is 8.56. The molecule has 1 heterocycles. The minimum absolute atomic E-state index is 0.0233. The number of urea groups is 1. The Morgan fingerprint density at radius 2 is 2.36 bits per heavy atom. The third kappa shape index (κ3) is 4.18. The van der Waals surface area contributed by atoms with Gasteiger partial charge >= 0.3 is 12.6 Å². The summed E-state index contributed by atoms with van der Waals surface area (Å²) in [6, 6.07) is 2.76. The van der Waals surface area contributed by atoms with Crippen molar-refractivity contribution in [1.82, 2.24) is 15.6 Å². The van der Waals surface area contributed by atoms with E-state index < -0.39 is 6.61 Å². The second kappa shape index (κ2) is 7.51. The summed E-state index contributed by atoms with van der Waals surface area (Å²) in [6.07, 6.45) is 6.35. The molecule has 0 bridgehead atoms. The van der Waals surface area contributed by atoms with Gasteiger partial charge in [0.25, 0.3) is 0 Å². The van der Waals surface area contributed by atoms with E-state index in [1.807, 2.05) is 0 Å². The molecule has 2 fully saturated rings. The molecule has 2 aliphatic rings. The largest absolute Gasteiger partial charge is 0.417 e. The van der Waals surface area contributed by atoms with Crippen molar-refractivity contribution in [3.05, 3.63) is 23.9 Å². The molecule has 2 saturated carbocycles. The summed E-state index contributed by atoms with van der Waals surface area (Å²) in [6.45, 7) is -2.56. The van der Waals surface area contributed by atoms with Crippen LogP contribution in [0.25, 0.3) is 0 Å². The number of halogens is 2. The fourth-order valence-electron chi connectivity index (χ4n) is 4.28. The molecule has 0 saturated heterocycles. The van der Waals surface area contributed by atoms with Crippen LogP contribution < -0.4 is 15.4 Å². The zero-order chi connectivity index (χ0) is 17.9. The molecule has 3 N–H and O–H groups in total. The minimum atomic E-state index is -2.93. The molecule has 25 heavy (non-hydrogen) atoms. The highest BCUT2D eigenvalue weighted by molar-refractivity contribution is 5.74. The van der Waals surface area contributed by atoms with Crippen molar-refractivity contribution < 1.29 is 23.4 Å². The Morgan fingerprint density at radius 3 is 3.08 bits per heavy atom. The number of pyridine rings is 1. The Morgan fingerprint density at radius 1 is 1.52 bits per heavy atom. The van der Waals surface area contributed by atoms with Crippen molar-refractivity contribution in [2.45, 2.75) is 51.3 Å². The van der Waals surface area contributed by atoms with Gasteiger partial charge in [0.2, 0.25) is 5.88 Å². The van der Waals surface area contributed by atoms with Gasteiger partial charge in [0, 0.05) is 31.5 Å². The van der Waals surface area contributed by atoms with Gasteiger partial charge in [0.05, 0.1) is 0 Å². The maximum Gasteiger partial charge on any atom is 0.388 e. The predicted molar refractivity (Wildman–Crippen MR) is 86.1 cm³/mol. The SMILES string of the molecule is O=C(NCc1ccnc(OC(F)F)c1)N[C@H]1C[C@H]2CCC[C@@]2(CO)C1. The zero-order valence-electron chi connectivity index (χ0n) is 13.9. The van der Waals surface area contributed by atoms with Crippen LogP contribution in [0.2, 0.25) is 0 Å². The summed E-state index contributed by atoms with van der Waals surface area (Å²) < 4.78 is 28.6. The summed E-state index contributed by atoms with van der Waals surface area (Å²) in [5, 5.41) is 15.4. The summed E-state index contributed by atoms with van der Waals surface area (Å²) in [5.41, 5.74) is 0.598. The van der Waals surface area contributed by atoms with Crippen molar-refractivity contribution in [1.29, 1.82) is 0 Å². The van der Waals surface area contributed by atoms with E-state index in [4.69, 9.17) is 0 Å². The third-order valence-corrected chi connectivity index (χ3v) is 5.43. The number of nitrogens with zero attached hydrogens (tertiary/aromatic N) is 1. The van der Waals surface area contributed by atoms with E-state index in [0.717, 1.165) is 32.1 Å². The summed E-state index contributed by atoms with van der Waals surface area (Å²) >= 11 is 0. The topological polar surface area (TPSA) is 83.5 Å². The number of alkyl halides is 2. The molecule has 0 aromatic carbocycles. The van der Waals surface area contributed by atoms with Crippen LogP contribution in [0.4, 0.5) is 13.6 Å². The molecule has 138 valence electrons. The third-order valence-electron chi connectivity index (χ3n) is 5.43. The maximum atomic E-state index is 12.2. The van der Waals surface area contributed by atoms with Crippen molar-refractivity contribution in [2.24, 2.45) is 11.3 Å². The van der Waals surface area contributed by atoms with Crippen LogP contribution in [0.3, 0.4) is 0 Å². The number of carbonyl (C=O) groups is 1. The predicted octanol–water partition coefficient (Wildman–Crippen LogP) is 2.42. The highest BCUT2D eigenvalue weighted by Gasteiger charge is 2.49. The van der Waals surface area contributed by atoms with E-state index in [9.17, 15) is 18.7 Å². The molecular weight excluding hydrogens is 332 g/mol. The molecule has 3 atom stereocenters. The number of nitrogens with one attached hydrogen (secondary N) is 2. The number of aromatic nitrogens is 1. The average molecular weight is 355 g/mol. The smallest absolute Gasteiger partial charge is 0.388 e. The molecule has 0 unspecified atom stereocenters. The first-order chi connectivity index (χ1) is 12.0. The van der Waals surface area contributed by atoms with E-state index in [0.29, 0.717) is 11.5 Å². The lowest BCUT2D eigenvalue weighted by Gasteiger charge is -2.26. The first-order valence-electron chi connectivity index (χ1n) is 8.56. The van der Waals surface area contributed by atoms with Crippen LogP contribution in [-0.2, 0) is 6.54 Å². The van der Waals surface area contributed by atoms with Crippen LogP contribution >= 0.6 is 0 Å². The van der Waals surface area contributed by atoms with E-state index in [1.54, 1.807) is 6.07 Å². The Balaban J connectivity index is 1.47. The molecule has 1 aromatic rings. The standard InChI is InChI=1S/C17H23F2N3O3/c18-15(19)25-14-6-11(3-5-20-14)9-21-16(24)22-13-7-12-2-1-4-17(12,8-13)10-23/h3,5-6,12-13,15,23H,1-2,4,7-10H2,(H2,21,22,24)/t12-,13+,17+/m1/s1. The summed E-state index contributed by atoms with van der Waals surface area (Å²) in [7, 11) is 0. The van der Waals surface area contributed by atoms with Gasteiger partial charge in [-0.2, -0.15) is 8.78 Å². The van der Waals surface area contributed by atoms with Gasteiger partial charge in [-0.3, -0.25) is 0 Å². The number of fused-ring (bicyclic) bond motifs is 1. The number of aliphatic hydroxyl groups excluding tert-OH is 1. The molecule has 3 rings (SSSR count). The molecule has 1 aromatic heterocycles. The number of amides is 2. The highest BCUT2D eigenvalue weighted by atomic mass is 19.3. The lowest BCUT2D eigenvalue weighted by molar-refractivity contribution is -0.0529. The van der Waals surface area contributed by atoms with Gasteiger partial charge < -0.3 is 20.5 Å². The minimum Gasteiger partial charge on any atom is -0.417 e. The number of hydrogen-bond donors (Lipinski definition) is 3. The van der Waals surface area contributed by atoms with Gasteiger partial charge in [-0.25, -0.2) is 9.78 Å². The monoisotopic (exact) mass is 355 g/mol. The number of ether oxygens (including phenoxy) is 1. The Bertz CT molecular complexity index is 617. The normalized spacial score (nSPS) is 28.0. The van der Waals surface area contributed by atoms with Gasteiger partial charge in [-0.05, 0) is 48.6 Å². The fraction of sp³-hybridized carbons (Fsp3) is 0.647. The van der Waals surface area contributed by atoms with Crippen LogP contribution in [-0.4, -0.2) is 35.4 Å². The number of rotatable bonds is 6. The Hall–Kier alpha value is -1.96. The molecule has 8 heteroatoms. The Kier molecular flexibility index (Phi) is 5.36. The van der Waals surface area contributed by atoms with Crippen molar-refractivity contribution in [3.63, 3.8) is 0 Å². The second-order valence-corrected chi connectivity index (χ2v) is 6.95. The second-order valence-electron chi connectivity index (χ2n) is 6.95. The van der Waals surface area contributed by atoms with Gasteiger partial charge in [-0.1, -0.05) is 6.42 Å². The zero-order valence-corrected chi connectivity index (χ0v) is 13.9. The average Bonchev–Trinajstić information content (AvgIpc) is 3.09. The van der Waals surface area contributed by atoms with Crippen molar-refractivity contribution >= 4 is 6.03 Å². The van der Waals surface area contributed by atoms with Crippen LogP contribution in [0.5, 0.6) is 5.88 Å². The van der Waals surface area contributed by atoms with Gasteiger partial charge in [-0.15, -0.1) is 0 Å². The maximum absolute atomic E-state index is 12.2. The number of hydrogen-bond acceptors (Lipinski definition) is 4. The number of aliphatic hydroxyl groups is 1. The van der Waals surface area contributed by atoms with Gasteiger partial charge in [0.15, 0.2) is 0 Å². The Labute approximate surface area is 145 Å². The van der Waals surface area contributed by atoms with Crippen LogP contribution in [0.1, 0.15) is 37.7 Å². The fourth-order valence-corrected chi connectivity index (χ4v) is 4.28. The highest BCUT2D eigenvalue weighted by Crippen LogP contribution is 2.53. The van der Waals surface area contributed by atoms with E-state index in [-0.39, 0.29) is 36.5 Å². The molecule has 0 spiro atoms. The van der Waals surface area contributed by atoms with Crippen molar-refractivity contribution in [2.75, 3.05) is 6.61 Å². The molecule has 2 amide bonds. The van der Waals surface area contributed by atoms with E-state index in [1.165, 1.54) is 12.3 Å². The van der Waals surface area contributed by atoms with Gasteiger partial charge in [0.1, 0.15) is 0 Å². The summed E-state index contributed by atoms with van der Waals surface area (Å²) in [5.74, 6) is 0.306. The molecule has 0 radical (unpaired) electrons. The number of carbonyl (C=O) groups excluding carboxylic acids is 1. The lowest BCUT2D eigenvalue weighted by atomic mass is 9.81. The molecular formula is C17H23F2N3O3. The van der Waals surface area contributed by atoms with Crippen LogP contribution in [0, 0.1) is 11.3 Å². The molecule has 6 nitrogen and oxygen atoms in total. The first kappa shape index (κ1) is 17.8. The van der Waals surface area contributed by atoms with E-state index in [2.05, 4.69) is 20.4 Å². The molecule has 0 aliphatic heterocycles. The van der Waals surface area contributed by atoms with Crippen LogP contribution in [0.15, 0.2) is 18.3 Å². The van der Waals surface area contributed by atoms with E-state index >= 15 is 0 Å². The van der Waals surface area contributed by atoms with Crippen molar-refractivity contribution in [3.8, 4) is 5.88 Å². The lowest BCUT2D eigenvalue weighted by Crippen LogP contribution is -2.41.